The van der Waals surface area contributed by atoms with Gasteiger partial charge in [-0.25, -0.2) is 4.98 Å². The number of H-pyrrole nitrogens is 1. The molecule has 2 heterocycles. The molecule has 3 aromatic rings. The SMILES string of the molecule is Cc1nc(C(C)C)c(C(=O)Nc2ccc3cn[nH]c3c2)s1. The second-order valence-electron chi connectivity index (χ2n) is 5.23. The molecule has 0 fully saturated rings. The molecule has 21 heavy (non-hydrogen) atoms. The number of amides is 1. The molecule has 1 amide bonds. The first-order valence-corrected chi connectivity index (χ1v) is 7.58. The molecule has 5 nitrogen and oxygen atoms in total. The van der Waals surface area contributed by atoms with Crippen LogP contribution in [0.2, 0.25) is 0 Å². The van der Waals surface area contributed by atoms with Crippen molar-refractivity contribution >= 4 is 33.8 Å². The minimum atomic E-state index is -0.108. The number of nitrogens with one attached hydrogen (secondary N) is 2. The van der Waals surface area contributed by atoms with Gasteiger partial charge in [0.1, 0.15) is 4.88 Å². The van der Waals surface area contributed by atoms with E-state index in [2.05, 4.69) is 20.5 Å². The minimum absolute atomic E-state index is 0.108. The van der Waals surface area contributed by atoms with Crippen LogP contribution in [0.3, 0.4) is 0 Å². The largest absolute Gasteiger partial charge is 0.321 e. The molecule has 6 heteroatoms. The van der Waals surface area contributed by atoms with Gasteiger partial charge in [0.05, 0.1) is 22.4 Å². The molecular weight excluding hydrogens is 284 g/mol. The van der Waals surface area contributed by atoms with Gasteiger partial charge in [0, 0.05) is 11.1 Å². The fourth-order valence-corrected chi connectivity index (χ4v) is 3.17. The third-order valence-corrected chi connectivity index (χ3v) is 4.20. The van der Waals surface area contributed by atoms with E-state index in [0.717, 1.165) is 27.3 Å². The van der Waals surface area contributed by atoms with Crippen LogP contribution in [0.25, 0.3) is 10.9 Å². The average molecular weight is 300 g/mol. The van der Waals surface area contributed by atoms with Crippen LogP contribution in [-0.4, -0.2) is 21.1 Å². The highest BCUT2D eigenvalue weighted by Gasteiger charge is 2.19. The summed E-state index contributed by atoms with van der Waals surface area (Å²) in [6, 6.07) is 5.68. The molecule has 0 aliphatic rings. The van der Waals surface area contributed by atoms with Crippen molar-refractivity contribution in [2.45, 2.75) is 26.7 Å². The van der Waals surface area contributed by atoms with Crippen LogP contribution >= 0.6 is 11.3 Å². The van der Waals surface area contributed by atoms with Crippen LogP contribution < -0.4 is 5.32 Å². The molecule has 0 saturated carbocycles. The van der Waals surface area contributed by atoms with Crippen molar-refractivity contribution in [1.82, 2.24) is 15.2 Å². The van der Waals surface area contributed by atoms with E-state index >= 15 is 0 Å². The zero-order valence-electron chi connectivity index (χ0n) is 12.1. The van der Waals surface area contributed by atoms with Gasteiger partial charge in [-0.15, -0.1) is 11.3 Å². The van der Waals surface area contributed by atoms with E-state index in [0.29, 0.717) is 4.88 Å². The number of aryl methyl sites for hydroxylation is 1. The summed E-state index contributed by atoms with van der Waals surface area (Å²) in [5.41, 5.74) is 2.51. The zero-order chi connectivity index (χ0) is 15.0. The maximum Gasteiger partial charge on any atom is 0.267 e. The fourth-order valence-electron chi connectivity index (χ4n) is 2.20. The third-order valence-electron chi connectivity index (χ3n) is 3.21. The van der Waals surface area contributed by atoms with Crippen molar-refractivity contribution in [1.29, 1.82) is 0 Å². The molecular formula is C15H16N4OS. The number of hydrogen-bond donors (Lipinski definition) is 2. The Balaban J connectivity index is 1.88. The summed E-state index contributed by atoms with van der Waals surface area (Å²) in [5, 5.41) is 11.7. The number of aromatic nitrogens is 3. The fraction of sp³-hybridized carbons (Fsp3) is 0.267. The van der Waals surface area contributed by atoms with Gasteiger partial charge in [0.15, 0.2) is 0 Å². The standard InChI is InChI=1S/C15H16N4OS/c1-8(2)13-14(21-9(3)17-13)15(20)18-11-5-4-10-7-16-19-12(10)6-11/h4-8H,1-3H3,(H,16,19)(H,18,20). The molecule has 0 spiro atoms. The van der Waals surface area contributed by atoms with E-state index in [1.54, 1.807) is 6.20 Å². The topological polar surface area (TPSA) is 70.7 Å². The van der Waals surface area contributed by atoms with Gasteiger partial charge in [0.2, 0.25) is 0 Å². The number of carbonyl (C=O) groups excluding carboxylic acids is 1. The third kappa shape index (κ3) is 2.67. The lowest BCUT2D eigenvalue weighted by molar-refractivity contribution is 0.102. The van der Waals surface area contributed by atoms with Crippen molar-refractivity contribution in [2.75, 3.05) is 5.32 Å². The van der Waals surface area contributed by atoms with Crippen LogP contribution in [-0.2, 0) is 0 Å². The molecule has 0 aliphatic carbocycles. The van der Waals surface area contributed by atoms with Crippen LogP contribution in [0.4, 0.5) is 5.69 Å². The quantitative estimate of drug-likeness (QED) is 0.774. The van der Waals surface area contributed by atoms with Crippen molar-refractivity contribution in [3.8, 4) is 0 Å². The van der Waals surface area contributed by atoms with Gasteiger partial charge >= 0.3 is 0 Å². The van der Waals surface area contributed by atoms with Crippen LogP contribution in [0.15, 0.2) is 24.4 Å². The lowest BCUT2D eigenvalue weighted by Crippen LogP contribution is -2.13. The molecule has 0 atom stereocenters. The first kappa shape index (κ1) is 13.8. The number of nitrogens with zero attached hydrogens (tertiary/aromatic N) is 2. The van der Waals surface area contributed by atoms with Crippen molar-refractivity contribution in [3.05, 3.63) is 40.0 Å². The first-order valence-electron chi connectivity index (χ1n) is 6.76. The number of benzene rings is 1. The average Bonchev–Trinajstić information content (AvgIpc) is 3.04. The monoisotopic (exact) mass is 300 g/mol. The Morgan fingerprint density at radius 2 is 2.19 bits per heavy atom. The Morgan fingerprint density at radius 3 is 2.95 bits per heavy atom. The van der Waals surface area contributed by atoms with Gasteiger partial charge in [-0.05, 0) is 31.0 Å². The summed E-state index contributed by atoms with van der Waals surface area (Å²) in [6.45, 7) is 6.01. The number of thiazole rings is 1. The van der Waals surface area contributed by atoms with Crippen LogP contribution in [0.5, 0.6) is 0 Å². The highest BCUT2D eigenvalue weighted by atomic mass is 32.1. The number of anilines is 1. The van der Waals surface area contributed by atoms with Gasteiger partial charge in [-0.2, -0.15) is 5.10 Å². The lowest BCUT2D eigenvalue weighted by atomic mass is 10.1. The molecule has 0 saturated heterocycles. The molecule has 0 unspecified atom stereocenters. The summed E-state index contributed by atoms with van der Waals surface area (Å²) in [4.78, 5) is 17.6. The zero-order valence-corrected chi connectivity index (χ0v) is 12.9. The van der Waals surface area contributed by atoms with Crippen LogP contribution in [0, 0.1) is 6.92 Å². The van der Waals surface area contributed by atoms with E-state index in [1.165, 1.54) is 11.3 Å². The Hall–Kier alpha value is -2.21. The van der Waals surface area contributed by atoms with Crippen molar-refractivity contribution in [3.63, 3.8) is 0 Å². The smallest absolute Gasteiger partial charge is 0.267 e. The number of aromatic amines is 1. The molecule has 0 radical (unpaired) electrons. The van der Waals surface area contributed by atoms with E-state index in [4.69, 9.17) is 0 Å². The summed E-state index contributed by atoms with van der Waals surface area (Å²) >= 11 is 1.43. The van der Waals surface area contributed by atoms with E-state index < -0.39 is 0 Å². The summed E-state index contributed by atoms with van der Waals surface area (Å²) < 4.78 is 0. The Labute approximate surface area is 126 Å². The molecule has 0 bridgehead atoms. The predicted octanol–water partition coefficient (Wildman–Crippen LogP) is 3.70. The Kier molecular flexibility index (Phi) is 3.47. The van der Waals surface area contributed by atoms with Gasteiger partial charge in [-0.3, -0.25) is 9.89 Å². The normalized spacial score (nSPS) is 11.2. The van der Waals surface area contributed by atoms with Crippen molar-refractivity contribution < 1.29 is 4.79 Å². The number of fused-ring (bicyclic) bond motifs is 1. The van der Waals surface area contributed by atoms with Crippen molar-refractivity contribution in [2.24, 2.45) is 0 Å². The van der Waals surface area contributed by atoms with Crippen LogP contribution in [0.1, 0.15) is 40.1 Å². The molecule has 3 rings (SSSR count). The van der Waals surface area contributed by atoms with Gasteiger partial charge in [-0.1, -0.05) is 13.8 Å². The molecule has 1 aromatic carbocycles. The maximum atomic E-state index is 12.5. The van der Waals surface area contributed by atoms with E-state index in [1.807, 2.05) is 39.0 Å². The highest BCUT2D eigenvalue weighted by molar-refractivity contribution is 7.13. The second kappa shape index (κ2) is 5.29. The molecule has 0 aliphatic heterocycles. The molecule has 2 aromatic heterocycles. The predicted molar refractivity (Wildman–Crippen MR) is 85.0 cm³/mol. The number of rotatable bonds is 3. The molecule has 2 N–H and O–H groups in total. The summed E-state index contributed by atoms with van der Waals surface area (Å²) in [6.07, 6.45) is 1.75. The number of hydrogen-bond acceptors (Lipinski definition) is 4. The summed E-state index contributed by atoms with van der Waals surface area (Å²) in [5.74, 6) is 0.119. The highest BCUT2D eigenvalue weighted by Crippen LogP contribution is 2.26. The lowest BCUT2D eigenvalue weighted by Gasteiger charge is -2.07. The Bertz CT molecular complexity index is 803. The maximum absolute atomic E-state index is 12.5. The first-order chi connectivity index (χ1) is 10.0. The minimum Gasteiger partial charge on any atom is -0.321 e. The van der Waals surface area contributed by atoms with Gasteiger partial charge < -0.3 is 5.32 Å². The van der Waals surface area contributed by atoms with E-state index in [9.17, 15) is 4.79 Å². The number of carbonyl (C=O) groups is 1. The van der Waals surface area contributed by atoms with Gasteiger partial charge in [0.25, 0.3) is 5.91 Å². The molecule has 108 valence electrons. The summed E-state index contributed by atoms with van der Waals surface area (Å²) in [7, 11) is 0. The second-order valence-corrected chi connectivity index (χ2v) is 6.43. The Morgan fingerprint density at radius 1 is 1.38 bits per heavy atom. The van der Waals surface area contributed by atoms with E-state index in [-0.39, 0.29) is 11.8 Å².